The fourth-order valence-corrected chi connectivity index (χ4v) is 3.49. The van der Waals surface area contributed by atoms with Gasteiger partial charge in [-0.1, -0.05) is 19.9 Å². The van der Waals surface area contributed by atoms with Gasteiger partial charge >= 0.3 is 21.2 Å². The number of carbonyl (C=O) groups excluding carboxylic acids is 2. The summed E-state index contributed by atoms with van der Waals surface area (Å²) < 4.78 is 16.1. The topological polar surface area (TPSA) is 61.8 Å². The van der Waals surface area contributed by atoms with Crippen LogP contribution in [0.25, 0.3) is 0 Å². The van der Waals surface area contributed by atoms with Crippen LogP contribution in [0.2, 0.25) is 0 Å². The molecule has 0 amide bonds. The molecule has 1 radical (unpaired) electrons. The van der Waals surface area contributed by atoms with Crippen molar-refractivity contribution in [3.8, 4) is 0 Å². The van der Waals surface area contributed by atoms with E-state index in [4.69, 9.17) is 8.85 Å². The smallest absolute Gasteiger partial charge is 0.390 e. The van der Waals surface area contributed by atoms with Crippen molar-refractivity contribution in [1.29, 1.82) is 0 Å². The summed E-state index contributed by atoms with van der Waals surface area (Å²) >= 11 is 0. The van der Waals surface area contributed by atoms with Gasteiger partial charge in [-0.3, -0.25) is 0 Å². The molecule has 2 rings (SSSR count). The second-order valence-electron chi connectivity index (χ2n) is 4.42. The Hall–Kier alpha value is -1.50. The average Bonchev–Trinajstić information content (AvgIpc) is 2.74. The Kier molecular flexibility index (Phi) is 5.05. The Morgan fingerprint density at radius 2 is 1.60 bits per heavy atom. The third kappa shape index (κ3) is 3.14. The second-order valence-corrected chi connectivity index (χ2v) is 6.15. The lowest BCUT2D eigenvalue weighted by Crippen LogP contribution is -2.38. The maximum absolute atomic E-state index is 11.6. The van der Waals surface area contributed by atoms with Gasteiger partial charge in [-0.15, -0.1) is 0 Å². The minimum Gasteiger partial charge on any atom is -0.390 e. The number of cyclic esters (lactones) is 2. The summed E-state index contributed by atoms with van der Waals surface area (Å²) in [6, 6.07) is 5.04. The average molecular weight is 293 g/mol. The molecule has 107 valence electrons. The molecule has 1 aromatic rings. The van der Waals surface area contributed by atoms with Crippen molar-refractivity contribution in [2.45, 2.75) is 26.7 Å². The first-order valence-electron chi connectivity index (χ1n) is 6.70. The van der Waals surface area contributed by atoms with Gasteiger partial charge in [0, 0.05) is 13.2 Å². The highest BCUT2D eigenvalue weighted by Crippen LogP contribution is 2.18. The van der Waals surface area contributed by atoms with Gasteiger partial charge in [0.25, 0.3) is 0 Å². The van der Waals surface area contributed by atoms with Gasteiger partial charge in [0.1, 0.15) is 0 Å². The number of rotatable bonds is 7. The van der Waals surface area contributed by atoms with Gasteiger partial charge in [0.2, 0.25) is 0 Å². The molecule has 0 atom stereocenters. The van der Waals surface area contributed by atoms with Crippen molar-refractivity contribution in [3.05, 3.63) is 29.3 Å². The van der Waals surface area contributed by atoms with Gasteiger partial charge < -0.3 is 13.6 Å². The summed E-state index contributed by atoms with van der Waals surface area (Å²) in [6.07, 6.45) is 1.80. The molecule has 0 bridgehead atoms. The van der Waals surface area contributed by atoms with E-state index < -0.39 is 21.2 Å². The zero-order valence-electron chi connectivity index (χ0n) is 11.6. The van der Waals surface area contributed by atoms with Gasteiger partial charge in [-0.05, 0) is 30.2 Å². The normalized spacial score (nSPS) is 13.8. The summed E-state index contributed by atoms with van der Waals surface area (Å²) in [5, 5.41) is 0.822. The highest BCUT2D eigenvalue weighted by Gasteiger charge is 2.31. The maximum Gasteiger partial charge on any atom is 0.423 e. The van der Waals surface area contributed by atoms with E-state index >= 15 is 0 Å². The molecule has 20 heavy (non-hydrogen) atoms. The minimum atomic E-state index is -1.63. The molecule has 0 aromatic heterocycles. The fraction of sp³-hybridized carbons (Fsp3) is 0.429. The molecule has 0 fully saturated rings. The molecular formula is C14H17O5Si. The molecule has 0 saturated heterocycles. The first kappa shape index (κ1) is 14.9. The molecular weight excluding hydrogens is 276 g/mol. The van der Waals surface area contributed by atoms with E-state index in [0.717, 1.165) is 18.0 Å². The van der Waals surface area contributed by atoms with E-state index in [1.165, 1.54) is 0 Å². The fourth-order valence-electron chi connectivity index (χ4n) is 1.81. The molecule has 1 aliphatic heterocycles. The van der Waals surface area contributed by atoms with Crippen LogP contribution < -0.4 is 5.19 Å². The van der Waals surface area contributed by atoms with Gasteiger partial charge in [0.15, 0.2) is 0 Å². The van der Waals surface area contributed by atoms with Crippen molar-refractivity contribution < 1.29 is 23.2 Å². The number of ether oxygens (including phenoxy) is 1. The van der Waals surface area contributed by atoms with Crippen LogP contribution in [0.3, 0.4) is 0 Å². The summed E-state index contributed by atoms with van der Waals surface area (Å²) in [6.45, 7) is 5.27. The number of fused-ring (bicyclic) bond motifs is 1. The van der Waals surface area contributed by atoms with Crippen molar-refractivity contribution in [2.24, 2.45) is 0 Å². The molecule has 5 nitrogen and oxygen atoms in total. The van der Waals surface area contributed by atoms with Crippen LogP contribution >= 0.6 is 0 Å². The lowest BCUT2D eigenvalue weighted by molar-refractivity contribution is 0.0444. The zero-order valence-corrected chi connectivity index (χ0v) is 12.6. The van der Waals surface area contributed by atoms with Crippen LogP contribution in [-0.4, -0.2) is 34.4 Å². The maximum atomic E-state index is 11.6. The van der Waals surface area contributed by atoms with Crippen LogP contribution in [0, 0.1) is 0 Å². The molecule has 0 N–H and O–H groups in total. The summed E-state index contributed by atoms with van der Waals surface area (Å²) in [4.78, 5) is 23.0. The largest absolute Gasteiger partial charge is 0.423 e. The lowest BCUT2D eigenvalue weighted by Gasteiger charge is -2.15. The predicted molar refractivity (Wildman–Crippen MR) is 74.1 cm³/mol. The SMILES string of the molecule is CCCO[Si](OCCC)c1ccc2c(c1)C(=O)OC2=O. The quantitative estimate of drug-likeness (QED) is 0.433. The summed E-state index contributed by atoms with van der Waals surface area (Å²) in [7, 11) is -1.63. The van der Waals surface area contributed by atoms with Crippen molar-refractivity contribution in [2.75, 3.05) is 13.2 Å². The standard InChI is InChI=1S/C14H17O5Si/c1-3-7-17-20(18-8-4-2)10-5-6-11-12(9-10)14(16)19-13(11)15/h5-6,9H,3-4,7-8H2,1-2H3. The monoisotopic (exact) mass is 293 g/mol. The Morgan fingerprint density at radius 3 is 2.20 bits per heavy atom. The number of benzene rings is 1. The Balaban J connectivity index is 2.23. The molecule has 0 unspecified atom stereocenters. The first-order valence-corrected chi connectivity index (χ1v) is 8.02. The summed E-state index contributed by atoms with van der Waals surface area (Å²) in [5.74, 6) is -1.19. The molecule has 1 heterocycles. The van der Waals surface area contributed by atoms with Crippen molar-refractivity contribution in [3.63, 3.8) is 0 Å². The second kappa shape index (κ2) is 6.78. The van der Waals surface area contributed by atoms with Gasteiger partial charge in [-0.2, -0.15) is 0 Å². The molecule has 0 aliphatic carbocycles. The molecule has 0 saturated carbocycles. The van der Waals surface area contributed by atoms with Crippen LogP contribution in [0.4, 0.5) is 0 Å². The number of hydrogen-bond donors (Lipinski definition) is 0. The first-order chi connectivity index (χ1) is 9.67. The van der Waals surface area contributed by atoms with Crippen molar-refractivity contribution in [1.82, 2.24) is 0 Å². The molecule has 0 spiro atoms. The van der Waals surface area contributed by atoms with E-state index in [9.17, 15) is 9.59 Å². The third-order valence-corrected chi connectivity index (χ3v) is 4.47. The van der Waals surface area contributed by atoms with E-state index in [1.807, 2.05) is 13.8 Å². The minimum absolute atomic E-state index is 0.301. The Morgan fingerprint density at radius 1 is 1.00 bits per heavy atom. The highest BCUT2D eigenvalue weighted by atomic mass is 28.3. The highest BCUT2D eigenvalue weighted by molar-refractivity contribution is 6.61. The molecule has 6 heteroatoms. The van der Waals surface area contributed by atoms with Crippen LogP contribution in [0.5, 0.6) is 0 Å². The van der Waals surface area contributed by atoms with Crippen molar-refractivity contribution >= 4 is 26.4 Å². The van der Waals surface area contributed by atoms with Crippen LogP contribution in [0.15, 0.2) is 18.2 Å². The van der Waals surface area contributed by atoms with E-state index in [2.05, 4.69) is 4.74 Å². The lowest BCUT2D eigenvalue weighted by atomic mass is 10.1. The predicted octanol–water partition coefficient (Wildman–Crippen LogP) is 1.55. The van der Waals surface area contributed by atoms with Crippen LogP contribution in [-0.2, 0) is 13.6 Å². The number of esters is 2. The van der Waals surface area contributed by atoms with Crippen LogP contribution in [0.1, 0.15) is 47.4 Å². The summed E-state index contributed by atoms with van der Waals surface area (Å²) in [5.41, 5.74) is 0.612. The Bertz CT molecular complexity index is 506. The van der Waals surface area contributed by atoms with E-state index in [-0.39, 0.29) is 0 Å². The number of carbonyl (C=O) groups is 2. The van der Waals surface area contributed by atoms with Gasteiger partial charge in [-0.25, -0.2) is 9.59 Å². The third-order valence-electron chi connectivity index (χ3n) is 2.76. The van der Waals surface area contributed by atoms with E-state index in [0.29, 0.717) is 24.3 Å². The molecule has 1 aliphatic rings. The molecule has 1 aromatic carbocycles. The number of hydrogen-bond acceptors (Lipinski definition) is 5. The van der Waals surface area contributed by atoms with E-state index in [1.54, 1.807) is 18.2 Å². The Labute approximate surface area is 119 Å². The zero-order chi connectivity index (χ0) is 14.5. The van der Waals surface area contributed by atoms with Gasteiger partial charge in [0.05, 0.1) is 11.1 Å².